The Morgan fingerprint density at radius 1 is 1.30 bits per heavy atom. The van der Waals surface area contributed by atoms with Crippen molar-refractivity contribution in [1.29, 1.82) is 0 Å². The maximum absolute atomic E-state index is 10.8. The standard InChI is InChI=1S/C4H3BO5/c1-2(6)3(7)4-8-5(9-4)10-4/h1H3. The molecule has 3 heterocycles. The lowest BCUT2D eigenvalue weighted by molar-refractivity contribution is -0.429. The molecule has 3 aliphatic rings. The molecule has 3 aliphatic heterocycles. The third kappa shape index (κ3) is 0.488. The summed E-state index contributed by atoms with van der Waals surface area (Å²) in [4.78, 5) is 21.2. The first-order valence-corrected chi connectivity index (χ1v) is 2.73. The summed E-state index contributed by atoms with van der Waals surface area (Å²) < 4.78 is 13.9. The zero-order valence-corrected chi connectivity index (χ0v) is 5.12. The fourth-order valence-corrected chi connectivity index (χ4v) is 0.783. The van der Waals surface area contributed by atoms with Crippen LogP contribution < -0.4 is 0 Å². The molecule has 10 heavy (non-hydrogen) atoms. The van der Waals surface area contributed by atoms with Crippen molar-refractivity contribution in [2.24, 2.45) is 0 Å². The lowest BCUT2D eigenvalue weighted by Gasteiger charge is -2.53. The molecule has 0 aromatic carbocycles. The third-order valence-corrected chi connectivity index (χ3v) is 1.35. The van der Waals surface area contributed by atoms with Crippen molar-refractivity contribution in [3.8, 4) is 0 Å². The molecule has 0 saturated carbocycles. The number of Topliss-reactive ketones (excluding diaryl/α,β-unsaturated/α-hetero) is 2. The zero-order chi connectivity index (χ0) is 7.35. The minimum atomic E-state index is -1.64. The van der Waals surface area contributed by atoms with Crippen molar-refractivity contribution < 1.29 is 23.6 Å². The Bertz CT molecular complexity index is 207. The summed E-state index contributed by atoms with van der Waals surface area (Å²) in [6, 6.07) is 0. The molecule has 0 amide bonds. The molecule has 0 radical (unpaired) electrons. The first kappa shape index (κ1) is 6.02. The fraction of sp³-hybridized carbons (Fsp3) is 0.500. The summed E-state index contributed by atoms with van der Waals surface area (Å²) in [5, 5.41) is 0. The van der Waals surface area contributed by atoms with Crippen LogP contribution in [0.15, 0.2) is 0 Å². The van der Waals surface area contributed by atoms with Crippen LogP contribution >= 0.6 is 0 Å². The molecule has 0 aliphatic carbocycles. The monoisotopic (exact) mass is 142 g/mol. The van der Waals surface area contributed by atoms with Gasteiger partial charge in [0.15, 0.2) is 0 Å². The number of hydrogen-bond acceptors (Lipinski definition) is 5. The minimum Gasteiger partial charge on any atom is -0.329 e. The molecule has 2 bridgehead atoms. The van der Waals surface area contributed by atoms with Gasteiger partial charge in [0.1, 0.15) is 0 Å². The van der Waals surface area contributed by atoms with Gasteiger partial charge in [-0.2, -0.15) is 0 Å². The van der Waals surface area contributed by atoms with Crippen molar-refractivity contribution in [1.82, 2.24) is 0 Å². The zero-order valence-electron chi connectivity index (χ0n) is 5.12. The molecule has 0 unspecified atom stereocenters. The lowest BCUT2D eigenvalue weighted by atomic mass is 9.98. The van der Waals surface area contributed by atoms with Crippen LogP contribution in [-0.4, -0.2) is 24.9 Å². The molecule has 5 nitrogen and oxygen atoms in total. The highest BCUT2D eigenvalue weighted by atomic mass is 17.1. The predicted octanol–water partition coefficient (Wildman–Crippen LogP) is -1.14. The summed E-state index contributed by atoms with van der Waals surface area (Å²) in [5.74, 6) is -3.05. The van der Waals surface area contributed by atoms with E-state index in [4.69, 9.17) is 0 Å². The van der Waals surface area contributed by atoms with Crippen molar-refractivity contribution >= 4 is 18.9 Å². The van der Waals surface area contributed by atoms with Crippen LogP contribution in [0.25, 0.3) is 0 Å². The van der Waals surface area contributed by atoms with Gasteiger partial charge in [0.25, 0.3) is 5.78 Å². The Hall–Kier alpha value is -0.715. The quantitative estimate of drug-likeness (QED) is 0.360. The Morgan fingerprint density at radius 3 is 1.90 bits per heavy atom. The Labute approximate surface area is 56.4 Å². The van der Waals surface area contributed by atoms with Crippen LogP contribution in [0.1, 0.15) is 6.92 Å². The van der Waals surface area contributed by atoms with Crippen LogP contribution in [0.5, 0.6) is 0 Å². The van der Waals surface area contributed by atoms with Crippen molar-refractivity contribution in [2.45, 2.75) is 12.9 Å². The van der Waals surface area contributed by atoms with E-state index in [1.54, 1.807) is 0 Å². The van der Waals surface area contributed by atoms with Crippen LogP contribution in [0.4, 0.5) is 0 Å². The van der Waals surface area contributed by atoms with E-state index in [9.17, 15) is 9.59 Å². The van der Waals surface area contributed by atoms with E-state index < -0.39 is 24.9 Å². The second kappa shape index (κ2) is 1.47. The van der Waals surface area contributed by atoms with E-state index in [2.05, 4.69) is 14.0 Å². The van der Waals surface area contributed by atoms with E-state index in [0.717, 1.165) is 6.92 Å². The van der Waals surface area contributed by atoms with Crippen LogP contribution in [0, 0.1) is 0 Å². The summed E-state index contributed by atoms with van der Waals surface area (Å²) in [7, 11) is -0.719. The average molecular weight is 142 g/mol. The molecule has 3 rings (SSSR count). The molecule has 3 fully saturated rings. The smallest absolute Gasteiger partial charge is 0.329 e. The van der Waals surface area contributed by atoms with Crippen LogP contribution in [0.2, 0.25) is 0 Å². The van der Waals surface area contributed by atoms with E-state index in [0.29, 0.717) is 0 Å². The SMILES string of the molecule is CC(=O)C(=O)C12OB(O1)O2. The first-order valence-electron chi connectivity index (χ1n) is 2.73. The molecule has 52 valence electrons. The highest BCUT2D eigenvalue weighted by molar-refractivity contribution is 6.51. The molecule has 0 aromatic rings. The maximum atomic E-state index is 10.8. The number of hydrogen-bond donors (Lipinski definition) is 0. The Morgan fingerprint density at radius 2 is 1.80 bits per heavy atom. The first-order chi connectivity index (χ1) is 4.64. The lowest BCUT2D eigenvalue weighted by Crippen LogP contribution is -2.79. The van der Waals surface area contributed by atoms with Crippen molar-refractivity contribution in [3.63, 3.8) is 0 Å². The van der Waals surface area contributed by atoms with Gasteiger partial charge in [-0.05, 0) is 0 Å². The molecule has 0 aromatic heterocycles. The molecule has 6 heteroatoms. The molecule has 0 N–H and O–H groups in total. The van der Waals surface area contributed by atoms with Gasteiger partial charge < -0.3 is 14.0 Å². The fourth-order valence-electron chi connectivity index (χ4n) is 0.783. The highest BCUT2D eigenvalue weighted by Gasteiger charge is 2.74. The molecular formula is C4H3BO5. The average Bonchev–Trinajstić information content (AvgIpc) is 1.56. The van der Waals surface area contributed by atoms with E-state index >= 15 is 0 Å². The third-order valence-electron chi connectivity index (χ3n) is 1.35. The largest absolute Gasteiger partial charge is 0.651 e. The van der Waals surface area contributed by atoms with Gasteiger partial charge in [0, 0.05) is 6.92 Å². The molecule has 0 spiro atoms. The Balaban J connectivity index is 2.12. The van der Waals surface area contributed by atoms with Gasteiger partial charge in [-0.15, -0.1) is 0 Å². The highest BCUT2D eigenvalue weighted by Crippen LogP contribution is 2.42. The van der Waals surface area contributed by atoms with Gasteiger partial charge in [-0.1, -0.05) is 0 Å². The molecular weight excluding hydrogens is 139 g/mol. The van der Waals surface area contributed by atoms with Crippen LogP contribution in [-0.2, 0) is 23.6 Å². The minimum absolute atomic E-state index is 0.627. The summed E-state index contributed by atoms with van der Waals surface area (Å²) >= 11 is 0. The van der Waals surface area contributed by atoms with Gasteiger partial charge in [-0.3, -0.25) is 9.59 Å². The number of ketones is 2. The second-order valence-corrected chi connectivity index (χ2v) is 2.08. The number of carbonyl (C=O) groups is 2. The summed E-state index contributed by atoms with van der Waals surface area (Å²) in [6.07, 6.45) is 0. The normalized spacial score (nSPS) is 24.7. The maximum Gasteiger partial charge on any atom is 0.651 e. The molecule has 0 atom stereocenters. The summed E-state index contributed by atoms with van der Waals surface area (Å²) in [5.41, 5.74) is 0. The topological polar surface area (TPSA) is 61.8 Å². The van der Waals surface area contributed by atoms with Crippen LogP contribution in [0.3, 0.4) is 0 Å². The van der Waals surface area contributed by atoms with Gasteiger partial charge in [-0.25, -0.2) is 0 Å². The summed E-state index contributed by atoms with van der Waals surface area (Å²) in [6.45, 7) is 1.14. The van der Waals surface area contributed by atoms with Crippen molar-refractivity contribution in [3.05, 3.63) is 0 Å². The number of rotatable bonds is 2. The Kier molecular flexibility index (Phi) is 0.887. The van der Waals surface area contributed by atoms with Gasteiger partial charge >= 0.3 is 13.3 Å². The predicted molar refractivity (Wildman–Crippen MR) is 27.4 cm³/mol. The van der Waals surface area contributed by atoms with Gasteiger partial charge in [0.05, 0.1) is 0 Å². The van der Waals surface area contributed by atoms with Gasteiger partial charge in [0.2, 0.25) is 5.78 Å². The van der Waals surface area contributed by atoms with E-state index in [-0.39, 0.29) is 0 Å². The second-order valence-electron chi connectivity index (χ2n) is 2.08. The number of carbonyl (C=O) groups excluding carboxylic acids is 2. The molecule has 3 saturated heterocycles. The van der Waals surface area contributed by atoms with Crippen molar-refractivity contribution in [2.75, 3.05) is 0 Å². The van der Waals surface area contributed by atoms with E-state index in [1.165, 1.54) is 0 Å². The van der Waals surface area contributed by atoms with E-state index in [1.807, 2.05) is 0 Å².